The van der Waals surface area contributed by atoms with Crippen LogP contribution in [-0.4, -0.2) is 79.4 Å². The van der Waals surface area contributed by atoms with Gasteiger partial charge in [0.2, 0.25) is 0 Å². The number of aromatic nitrogens is 2. The quantitative estimate of drug-likeness (QED) is 0.410. The second kappa shape index (κ2) is 5.90. The standard InChI is InChI=1S/C11H16N3O5Se/c1-12-5-11(9(18)8(17)6(4-15)19-11)14-3-2-7(16)13-10(14)20/h2-3,6,8-9,12,15,17-18H,4-5H2,1H3/t6-,8-,9-,11-/m1/s1. The first-order valence-electron chi connectivity index (χ1n) is 6.03. The molecule has 1 aliphatic rings. The molecule has 0 amide bonds. The third kappa shape index (κ3) is 2.42. The number of aliphatic hydroxyl groups excluding tert-OH is 3. The fourth-order valence-electron chi connectivity index (χ4n) is 2.38. The van der Waals surface area contributed by atoms with Crippen molar-refractivity contribution in [2.45, 2.75) is 24.0 Å². The molecular formula is C11H16N3O5Se. The van der Waals surface area contributed by atoms with Gasteiger partial charge in [0.25, 0.3) is 0 Å². The van der Waals surface area contributed by atoms with Gasteiger partial charge in [-0.15, -0.1) is 0 Å². The van der Waals surface area contributed by atoms with Crippen molar-refractivity contribution in [1.29, 1.82) is 0 Å². The molecule has 4 atom stereocenters. The van der Waals surface area contributed by atoms with Gasteiger partial charge in [-0.3, -0.25) is 0 Å². The predicted molar refractivity (Wildman–Crippen MR) is 69.8 cm³/mol. The van der Waals surface area contributed by atoms with Crippen LogP contribution in [0, 0.1) is 0 Å². The molecule has 2 heterocycles. The molecule has 0 aromatic carbocycles. The molecule has 1 saturated heterocycles. The zero-order chi connectivity index (χ0) is 14.9. The topological polar surface area (TPSA) is 117 Å². The molecule has 0 saturated carbocycles. The van der Waals surface area contributed by atoms with Gasteiger partial charge in [0, 0.05) is 0 Å². The van der Waals surface area contributed by atoms with Gasteiger partial charge in [0.05, 0.1) is 0 Å². The monoisotopic (exact) mass is 350 g/mol. The molecule has 1 radical (unpaired) electrons. The van der Waals surface area contributed by atoms with E-state index < -0.39 is 36.2 Å². The van der Waals surface area contributed by atoms with Crippen molar-refractivity contribution in [3.05, 3.63) is 22.6 Å². The van der Waals surface area contributed by atoms with Gasteiger partial charge in [-0.1, -0.05) is 0 Å². The zero-order valence-electron chi connectivity index (χ0n) is 10.8. The summed E-state index contributed by atoms with van der Waals surface area (Å²) < 4.78 is 7.32. The number of aliphatic hydroxyl groups is 3. The van der Waals surface area contributed by atoms with E-state index in [1.54, 1.807) is 7.05 Å². The molecule has 1 aromatic rings. The van der Waals surface area contributed by atoms with Crippen molar-refractivity contribution >= 4 is 20.7 Å². The van der Waals surface area contributed by atoms with Crippen molar-refractivity contribution in [3.63, 3.8) is 0 Å². The van der Waals surface area contributed by atoms with E-state index in [2.05, 4.69) is 26.3 Å². The first-order chi connectivity index (χ1) is 9.46. The Hall–Kier alpha value is -0.801. The minimum absolute atomic E-state index is 0.154. The van der Waals surface area contributed by atoms with E-state index in [1.807, 2.05) is 0 Å². The van der Waals surface area contributed by atoms with Crippen molar-refractivity contribution in [3.8, 4) is 0 Å². The summed E-state index contributed by atoms with van der Waals surface area (Å²) in [6.07, 6.45) is -2.03. The molecule has 0 unspecified atom stereocenters. The molecule has 1 aliphatic heterocycles. The average molecular weight is 349 g/mol. The number of ether oxygens (including phenoxy) is 1. The summed E-state index contributed by atoms with van der Waals surface area (Å²) in [5.74, 6) is 0. The van der Waals surface area contributed by atoms with Gasteiger partial charge in [-0.2, -0.15) is 0 Å². The molecule has 1 fully saturated rings. The number of rotatable bonds is 4. The van der Waals surface area contributed by atoms with Gasteiger partial charge in [0.15, 0.2) is 0 Å². The summed E-state index contributed by atoms with van der Waals surface area (Å²) in [5, 5.41) is 32.4. The molecule has 2 rings (SSSR count). The van der Waals surface area contributed by atoms with Crippen LogP contribution in [0.25, 0.3) is 0 Å². The fourth-order valence-corrected chi connectivity index (χ4v) is 3.02. The molecule has 20 heavy (non-hydrogen) atoms. The number of hydrogen-bond acceptors (Lipinski definition) is 7. The first kappa shape index (κ1) is 15.6. The van der Waals surface area contributed by atoms with Crippen LogP contribution in [-0.2, 0) is 10.5 Å². The maximum absolute atomic E-state index is 11.2. The summed E-state index contributed by atoms with van der Waals surface area (Å²) in [6.45, 7) is -0.277. The van der Waals surface area contributed by atoms with E-state index in [-0.39, 0.29) is 11.3 Å². The molecule has 0 spiro atoms. The Bertz CT molecular complexity index is 539. The van der Waals surface area contributed by atoms with Crippen LogP contribution in [0.2, 0.25) is 0 Å². The molecule has 0 aliphatic carbocycles. The van der Waals surface area contributed by atoms with Crippen molar-refractivity contribution in [2.24, 2.45) is 0 Å². The van der Waals surface area contributed by atoms with Crippen LogP contribution in [0.5, 0.6) is 0 Å². The summed E-state index contributed by atoms with van der Waals surface area (Å²) in [6, 6.07) is 1.23. The second-order valence-electron chi connectivity index (χ2n) is 4.57. The second-order valence-corrected chi connectivity index (χ2v) is 5.33. The van der Waals surface area contributed by atoms with Crippen LogP contribution in [0.4, 0.5) is 0 Å². The van der Waals surface area contributed by atoms with Gasteiger partial charge in [-0.25, -0.2) is 0 Å². The van der Waals surface area contributed by atoms with Crippen molar-refractivity contribution < 1.29 is 20.1 Å². The maximum atomic E-state index is 11.2. The third-order valence-electron chi connectivity index (χ3n) is 3.32. The number of hydrogen-bond donors (Lipinski definition) is 4. The third-order valence-corrected chi connectivity index (χ3v) is 3.92. The Morgan fingerprint density at radius 3 is 2.80 bits per heavy atom. The Morgan fingerprint density at radius 1 is 1.60 bits per heavy atom. The summed E-state index contributed by atoms with van der Waals surface area (Å²) in [5.41, 5.74) is -1.79. The Labute approximate surface area is 123 Å². The van der Waals surface area contributed by atoms with E-state index in [0.717, 1.165) is 0 Å². The number of nitrogens with one attached hydrogen (secondary N) is 1. The molecule has 1 aromatic heterocycles. The Kier molecular flexibility index (Phi) is 4.60. The van der Waals surface area contributed by atoms with E-state index in [1.165, 1.54) is 16.8 Å². The van der Waals surface area contributed by atoms with Gasteiger partial charge < -0.3 is 0 Å². The zero-order valence-corrected chi connectivity index (χ0v) is 12.5. The van der Waals surface area contributed by atoms with Crippen LogP contribution < -0.4 is 15.6 Å². The van der Waals surface area contributed by atoms with Crippen LogP contribution in [0.1, 0.15) is 0 Å². The fraction of sp³-hybridized carbons (Fsp3) is 0.636. The SMILES string of the molecule is CNC[C@@]1(n2ccc(=O)nc2[Se])O[C@H](CO)[C@@H](O)[C@H]1O. The number of likely N-dealkylation sites (N-methyl/N-ethyl adjacent to an activating group) is 1. The predicted octanol–water partition coefficient (Wildman–Crippen LogP) is -3.98. The molecule has 4 N–H and O–H groups in total. The van der Waals surface area contributed by atoms with Crippen LogP contribution >= 0.6 is 0 Å². The van der Waals surface area contributed by atoms with Gasteiger partial charge >= 0.3 is 123 Å². The van der Waals surface area contributed by atoms with E-state index in [4.69, 9.17) is 4.74 Å². The molecular weight excluding hydrogens is 333 g/mol. The van der Waals surface area contributed by atoms with Crippen molar-refractivity contribution in [1.82, 2.24) is 14.9 Å². The first-order valence-corrected chi connectivity index (χ1v) is 6.88. The van der Waals surface area contributed by atoms with Gasteiger partial charge in [-0.05, 0) is 0 Å². The van der Waals surface area contributed by atoms with E-state index in [0.29, 0.717) is 0 Å². The van der Waals surface area contributed by atoms with E-state index >= 15 is 0 Å². The van der Waals surface area contributed by atoms with Crippen molar-refractivity contribution in [2.75, 3.05) is 20.2 Å². The normalized spacial score (nSPS) is 33.5. The number of nitrogens with zero attached hydrogens (tertiary/aromatic N) is 2. The summed E-state index contributed by atoms with van der Waals surface area (Å²) in [4.78, 5) is 15.0. The Morgan fingerprint density at radius 2 is 2.30 bits per heavy atom. The van der Waals surface area contributed by atoms with Gasteiger partial charge in [0.1, 0.15) is 0 Å². The van der Waals surface area contributed by atoms with Crippen LogP contribution in [0.3, 0.4) is 0 Å². The molecule has 9 heteroatoms. The minimum atomic E-state index is -1.36. The average Bonchev–Trinajstić information content (AvgIpc) is 2.65. The summed E-state index contributed by atoms with van der Waals surface area (Å²) in [7, 11) is 1.66. The summed E-state index contributed by atoms with van der Waals surface area (Å²) >= 11 is 2.63. The molecule has 0 bridgehead atoms. The molecule has 111 valence electrons. The van der Waals surface area contributed by atoms with Crippen LogP contribution in [0.15, 0.2) is 17.1 Å². The molecule has 8 nitrogen and oxygen atoms in total. The Balaban J connectivity index is 2.52. The van der Waals surface area contributed by atoms with E-state index in [9.17, 15) is 20.1 Å².